The van der Waals surface area contributed by atoms with E-state index in [4.69, 9.17) is 0 Å². The van der Waals surface area contributed by atoms with Gasteiger partial charge in [-0.3, -0.25) is 0 Å². The van der Waals surface area contributed by atoms with Crippen molar-refractivity contribution in [2.75, 3.05) is 33.7 Å². The van der Waals surface area contributed by atoms with E-state index in [1.807, 2.05) is 0 Å². The third-order valence-electron chi connectivity index (χ3n) is 2.89. The van der Waals surface area contributed by atoms with Crippen LogP contribution in [-0.2, 0) is 0 Å². The minimum atomic E-state index is 0.565. The van der Waals surface area contributed by atoms with Crippen molar-refractivity contribution in [3.8, 4) is 0 Å². The molecule has 2 nitrogen and oxygen atoms in total. The van der Waals surface area contributed by atoms with E-state index in [-0.39, 0.29) is 0 Å². The molecule has 0 bridgehead atoms. The Kier molecular flexibility index (Phi) is 3.19. The molecular weight excluding hydrogens is 147 g/mol. The van der Waals surface area contributed by atoms with Crippen LogP contribution in [0.15, 0.2) is 0 Å². The summed E-state index contributed by atoms with van der Waals surface area (Å²) in [7, 11) is 6.56. The van der Waals surface area contributed by atoms with Gasteiger partial charge in [0.15, 0.2) is 7.98 Å². The highest BCUT2D eigenvalue weighted by Crippen LogP contribution is 2.30. The van der Waals surface area contributed by atoms with Gasteiger partial charge in [-0.05, 0) is 45.4 Å². The van der Waals surface area contributed by atoms with Gasteiger partial charge in [-0.25, -0.2) is 0 Å². The largest absolute Gasteiger partial charge is 0.349 e. The summed E-state index contributed by atoms with van der Waals surface area (Å²) < 4.78 is 0. The maximum absolute atomic E-state index is 2.43. The predicted molar refractivity (Wildman–Crippen MR) is 56.0 cm³/mol. The predicted octanol–water partition coefficient (Wildman–Crippen LogP) is 0.198. The van der Waals surface area contributed by atoms with Gasteiger partial charge >= 0.3 is 0 Å². The van der Waals surface area contributed by atoms with Crippen molar-refractivity contribution >= 4 is 7.98 Å². The average molecular weight is 168 g/mol. The minimum Gasteiger partial charge on any atom is -0.349 e. The zero-order chi connectivity index (χ0) is 9.19. The Morgan fingerprint density at radius 3 is 2.25 bits per heavy atom. The summed E-state index contributed by atoms with van der Waals surface area (Å²) in [5.74, 6) is 0. The third kappa shape index (κ3) is 2.79. The molecule has 0 aliphatic carbocycles. The minimum absolute atomic E-state index is 0.565. The van der Waals surface area contributed by atoms with Gasteiger partial charge in [0.2, 0.25) is 0 Å². The molecule has 0 unspecified atom stereocenters. The fourth-order valence-electron chi connectivity index (χ4n) is 2.08. The first-order valence-corrected chi connectivity index (χ1v) is 4.85. The van der Waals surface area contributed by atoms with Gasteiger partial charge in [-0.1, -0.05) is 6.92 Å². The highest BCUT2D eigenvalue weighted by Gasteiger charge is 2.28. The van der Waals surface area contributed by atoms with Crippen LogP contribution >= 0.6 is 0 Å². The van der Waals surface area contributed by atoms with Gasteiger partial charge in [0.25, 0.3) is 0 Å². The van der Waals surface area contributed by atoms with Crippen LogP contribution in [0.3, 0.4) is 0 Å². The van der Waals surface area contributed by atoms with Crippen LogP contribution in [0.4, 0.5) is 0 Å². The maximum atomic E-state index is 2.43. The van der Waals surface area contributed by atoms with Gasteiger partial charge < -0.3 is 9.71 Å². The molecule has 3 heteroatoms. The van der Waals surface area contributed by atoms with E-state index >= 15 is 0 Å². The first-order chi connectivity index (χ1) is 5.52. The number of nitrogens with zero attached hydrogens (tertiary/aromatic N) is 2. The van der Waals surface area contributed by atoms with E-state index in [0.29, 0.717) is 5.41 Å². The van der Waals surface area contributed by atoms with Crippen molar-refractivity contribution in [3.63, 3.8) is 0 Å². The number of hydrogen-bond acceptors (Lipinski definition) is 2. The molecule has 1 heterocycles. The molecular formula is C9H21BN2. The van der Waals surface area contributed by atoms with Crippen LogP contribution in [0.5, 0.6) is 0 Å². The van der Waals surface area contributed by atoms with Crippen molar-refractivity contribution in [3.05, 3.63) is 0 Å². The molecule has 0 aromatic heterocycles. The van der Waals surface area contributed by atoms with Crippen molar-refractivity contribution in [2.24, 2.45) is 5.41 Å². The summed E-state index contributed by atoms with van der Waals surface area (Å²) in [6.07, 6.45) is 2.70. The smallest absolute Gasteiger partial charge is 0.185 e. The standard InChI is InChI=1S/C9H21BN2/c1-9(8-11(2)3)4-6-12(10)7-5-9/h4-8,10H2,1-3H3. The zero-order valence-corrected chi connectivity index (χ0v) is 8.93. The monoisotopic (exact) mass is 168 g/mol. The van der Waals surface area contributed by atoms with E-state index in [9.17, 15) is 0 Å². The topological polar surface area (TPSA) is 6.48 Å². The first kappa shape index (κ1) is 10.1. The lowest BCUT2D eigenvalue weighted by molar-refractivity contribution is 0.132. The zero-order valence-electron chi connectivity index (χ0n) is 8.93. The van der Waals surface area contributed by atoms with Crippen LogP contribution in [0.2, 0.25) is 0 Å². The van der Waals surface area contributed by atoms with Crippen LogP contribution in [-0.4, -0.2) is 51.4 Å². The SMILES string of the molecule is BN1CCC(C)(CN(C)C)CC1. The molecule has 1 saturated heterocycles. The lowest BCUT2D eigenvalue weighted by Crippen LogP contribution is -2.42. The molecule has 1 fully saturated rings. The highest BCUT2D eigenvalue weighted by molar-refractivity contribution is 6.04. The van der Waals surface area contributed by atoms with Crippen molar-refractivity contribution < 1.29 is 0 Å². The molecule has 0 atom stereocenters. The lowest BCUT2D eigenvalue weighted by atomic mass is 9.79. The van der Waals surface area contributed by atoms with Crippen molar-refractivity contribution in [1.29, 1.82) is 0 Å². The molecule has 1 rings (SSSR count). The maximum Gasteiger partial charge on any atom is 0.185 e. The first-order valence-electron chi connectivity index (χ1n) is 4.85. The summed E-state index contributed by atoms with van der Waals surface area (Å²) in [6, 6.07) is 0. The summed E-state index contributed by atoms with van der Waals surface area (Å²) in [5, 5.41) is 0. The Balaban J connectivity index is 2.39. The number of hydrogen-bond donors (Lipinski definition) is 0. The molecule has 0 aromatic carbocycles. The summed E-state index contributed by atoms with van der Waals surface area (Å²) in [6.45, 7) is 6.19. The van der Waals surface area contributed by atoms with E-state index in [0.717, 1.165) is 0 Å². The van der Waals surface area contributed by atoms with Crippen molar-refractivity contribution in [1.82, 2.24) is 9.71 Å². The second-order valence-corrected chi connectivity index (χ2v) is 4.85. The highest BCUT2D eigenvalue weighted by atomic mass is 15.1. The van der Waals surface area contributed by atoms with Crippen molar-refractivity contribution in [2.45, 2.75) is 19.8 Å². The Labute approximate surface area is 77.3 Å². The number of piperidine rings is 1. The fourth-order valence-corrected chi connectivity index (χ4v) is 2.08. The molecule has 0 spiro atoms. The van der Waals surface area contributed by atoms with Gasteiger partial charge in [0, 0.05) is 6.54 Å². The Hall–Kier alpha value is -0.0151. The summed E-state index contributed by atoms with van der Waals surface area (Å²) >= 11 is 0. The van der Waals surface area contributed by atoms with Crippen LogP contribution < -0.4 is 0 Å². The quantitative estimate of drug-likeness (QED) is 0.543. The molecule has 0 amide bonds. The third-order valence-corrected chi connectivity index (χ3v) is 2.89. The average Bonchev–Trinajstić information content (AvgIpc) is 1.94. The molecule has 1 aliphatic rings. The Morgan fingerprint density at radius 2 is 1.83 bits per heavy atom. The fraction of sp³-hybridized carbons (Fsp3) is 1.00. The van der Waals surface area contributed by atoms with Gasteiger partial charge in [0.05, 0.1) is 0 Å². The van der Waals surface area contributed by atoms with E-state index in [2.05, 4.69) is 38.7 Å². The van der Waals surface area contributed by atoms with Gasteiger partial charge in [-0.2, -0.15) is 0 Å². The Bertz CT molecular complexity index is 139. The molecule has 0 N–H and O–H groups in total. The molecule has 0 radical (unpaired) electrons. The van der Waals surface area contributed by atoms with Crippen LogP contribution in [0, 0.1) is 5.41 Å². The second-order valence-electron chi connectivity index (χ2n) is 4.85. The normalized spacial score (nSPS) is 24.7. The van der Waals surface area contributed by atoms with Gasteiger partial charge in [-0.15, -0.1) is 0 Å². The summed E-state index contributed by atoms with van der Waals surface area (Å²) in [5.41, 5.74) is 0.565. The van der Waals surface area contributed by atoms with Crippen LogP contribution in [0.25, 0.3) is 0 Å². The second kappa shape index (κ2) is 3.80. The van der Waals surface area contributed by atoms with E-state index < -0.39 is 0 Å². The molecule has 12 heavy (non-hydrogen) atoms. The molecule has 0 aromatic rings. The summed E-state index contributed by atoms with van der Waals surface area (Å²) in [4.78, 5) is 4.74. The molecule has 70 valence electrons. The van der Waals surface area contributed by atoms with E-state index in [1.165, 1.54) is 32.5 Å². The van der Waals surface area contributed by atoms with E-state index in [1.54, 1.807) is 0 Å². The number of rotatable bonds is 2. The van der Waals surface area contributed by atoms with Crippen LogP contribution in [0.1, 0.15) is 19.8 Å². The molecule has 0 saturated carbocycles. The lowest BCUT2D eigenvalue weighted by Gasteiger charge is -2.39. The Morgan fingerprint density at radius 1 is 1.33 bits per heavy atom. The van der Waals surface area contributed by atoms with Gasteiger partial charge in [0.1, 0.15) is 0 Å². The molecule has 1 aliphatic heterocycles.